The van der Waals surface area contributed by atoms with E-state index in [1.54, 1.807) is 6.07 Å². The lowest BCUT2D eigenvalue weighted by atomic mass is 10.1. The summed E-state index contributed by atoms with van der Waals surface area (Å²) in [4.78, 5) is 13.7. The third-order valence-electron chi connectivity index (χ3n) is 4.32. The van der Waals surface area contributed by atoms with Gasteiger partial charge in [-0.05, 0) is 37.6 Å². The summed E-state index contributed by atoms with van der Waals surface area (Å²) in [7, 11) is 0. The van der Waals surface area contributed by atoms with Gasteiger partial charge >= 0.3 is 0 Å². The molecule has 1 atom stereocenters. The summed E-state index contributed by atoms with van der Waals surface area (Å²) in [5.41, 5.74) is 9.19. The molecule has 0 unspecified atom stereocenters. The van der Waals surface area contributed by atoms with Crippen molar-refractivity contribution in [1.82, 2.24) is 14.7 Å². The highest BCUT2D eigenvalue weighted by molar-refractivity contribution is 5.92. The van der Waals surface area contributed by atoms with Crippen LogP contribution in [0.2, 0.25) is 0 Å². The standard InChI is InChI=1S/C18H24N4O2/c1-13-8-14(2)22(20-13)12-17-11-21(6-7-24-17)10-15-4-3-5-16(9-15)18(19)23/h3-5,8-9,17H,6-7,10-12H2,1-2H3,(H2,19,23)/t17-/m1/s1. The van der Waals surface area contributed by atoms with Gasteiger partial charge in [0.2, 0.25) is 5.91 Å². The van der Waals surface area contributed by atoms with E-state index >= 15 is 0 Å². The highest BCUT2D eigenvalue weighted by atomic mass is 16.5. The number of nitrogens with two attached hydrogens (primary N) is 1. The SMILES string of the molecule is Cc1cc(C)n(C[C@H]2CN(Cc3cccc(C(N)=O)c3)CCO2)n1. The molecule has 0 radical (unpaired) electrons. The monoisotopic (exact) mass is 328 g/mol. The zero-order chi connectivity index (χ0) is 17.1. The van der Waals surface area contributed by atoms with Crippen molar-refractivity contribution in [3.05, 3.63) is 52.8 Å². The first kappa shape index (κ1) is 16.7. The summed E-state index contributed by atoms with van der Waals surface area (Å²) < 4.78 is 7.91. The van der Waals surface area contributed by atoms with E-state index in [0.717, 1.165) is 43.1 Å². The molecule has 2 aromatic rings. The molecular weight excluding hydrogens is 304 g/mol. The maximum atomic E-state index is 11.3. The molecule has 1 aromatic carbocycles. The number of carbonyl (C=O) groups is 1. The van der Waals surface area contributed by atoms with Gasteiger partial charge in [-0.1, -0.05) is 12.1 Å². The molecule has 0 spiro atoms. The smallest absolute Gasteiger partial charge is 0.248 e. The second-order valence-electron chi connectivity index (χ2n) is 6.40. The normalized spacial score (nSPS) is 18.7. The third-order valence-corrected chi connectivity index (χ3v) is 4.32. The second kappa shape index (κ2) is 7.15. The Morgan fingerprint density at radius 1 is 1.38 bits per heavy atom. The summed E-state index contributed by atoms with van der Waals surface area (Å²) in [6.07, 6.45) is 0.121. The molecule has 0 bridgehead atoms. The lowest BCUT2D eigenvalue weighted by Crippen LogP contribution is -2.44. The minimum atomic E-state index is -0.388. The summed E-state index contributed by atoms with van der Waals surface area (Å²) in [5.74, 6) is -0.388. The molecular formula is C18H24N4O2. The van der Waals surface area contributed by atoms with Crippen LogP contribution in [0, 0.1) is 13.8 Å². The van der Waals surface area contributed by atoms with Crippen LogP contribution < -0.4 is 5.73 Å². The molecule has 128 valence electrons. The van der Waals surface area contributed by atoms with Crippen molar-refractivity contribution in [2.24, 2.45) is 5.73 Å². The molecule has 1 amide bonds. The van der Waals surface area contributed by atoms with Crippen molar-refractivity contribution in [2.75, 3.05) is 19.7 Å². The highest BCUT2D eigenvalue weighted by Crippen LogP contribution is 2.14. The van der Waals surface area contributed by atoms with Crippen LogP contribution in [0.5, 0.6) is 0 Å². The predicted octanol–water partition coefficient (Wildman–Crippen LogP) is 1.50. The number of primary amides is 1. The highest BCUT2D eigenvalue weighted by Gasteiger charge is 2.22. The maximum absolute atomic E-state index is 11.3. The van der Waals surface area contributed by atoms with Crippen molar-refractivity contribution >= 4 is 5.91 Å². The number of aryl methyl sites for hydroxylation is 2. The van der Waals surface area contributed by atoms with Crippen molar-refractivity contribution in [3.63, 3.8) is 0 Å². The van der Waals surface area contributed by atoms with Crippen LogP contribution in [-0.4, -0.2) is 46.4 Å². The van der Waals surface area contributed by atoms with E-state index in [1.807, 2.05) is 29.8 Å². The van der Waals surface area contributed by atoms with Crippen LogP contribution >= 0.6 is 0 Å². The summed E-state index contributed by atoms with van der Waals surface area (Å²) in [6.45, 7) is 8.06. The molecule has 24 heavy (non-hydrogen) atoms. The first-order valence-corrected chi connectivity index (χ1v) is 8.25. The number of aromatic nitrogens is 2. The zero-order valence-electron chi connectivity index (χ0n) is 14.2. The molecule has 1 aromatic heterocycles. The third kappa shape index (κ3) is 4.01. The Hall–Kier alpha value is -2.18. The quantitative estimate of drug-likeness (QED) is 0.903. The van der Waals surface area contributed by atoms with Gasteiger partial charge < -0.3 is 10.5 Å². The van der Waals surface area contributed by atoms with Gasteiger partial charge in [0.05, 0.1) is 24.9 Å². The molecule has 0 saturated carbocycles. The van der Waals surface area contributed by atoms with E-state index in [0.29, 0.717) is 12.2 Å². The lowest BCUT2D eigenvalue weighted by molar-refractivity contribution is -0.0405. The Morgan fingerprint density at radius 2 is 2.21 bits per heavy atom. The summed E-state index contributed by atoms with van der Waals surface area (Å²) in [5, 5.41) is 4.51. The van der Waals surface area contributed by atoms with Gasteiger partial charge in [-0.3, -0.25) is 14.4 Å². The van der Waals surface area contributed by atoms with Gasteiger partial charge in [-0.2, -0.15) is 5.10 Å². The number of ether oxygens (including phenoxy) is 1. The molecule has 6 heteroatoms. The maximum Gasteiger partial charge on any atom is 0.248 e. The van der Waals surface area contributed by atoms with Crippen LogP contribution in [0.4, 0.5) is 0 Å². The molecule has 3 rings (SSSR count). The first-order chi connectivity index (χ1) is 11.5. The largest absolute Gasteiger partial charge is 0.374 e. The Labute approximate surface area is 142 Å². The lowest BCUT2D eigenvalue weighted by Gasteiger charge is -2.33. The van der Waals surface area contributed by atoms with Gasteiger partial charge in [0.25, 0.3) is 0 Å². The first-order valence-electron chi connectivity index (χ1n) is 8.25. The van der Waals surface area contributed by atoms with Crippen LogP contribution in [0.15, 0.2) is 30.3 Å². The second-order valence-corrected chi connectivity index (χ2v) is 6.40. The van der Waals surface area contributed by atoms with Crippen molar-refractivity contribution in [3.8, 4) is 0 Å². The van der Waals surface area contributed by atoms with Crippen molar-refractivity contribution in [1.29, 1.82) is 0 Å². The van der Waals surface area contributed by atoms with Crippen LogP contribution in [0.1, 0.15) is 27.3 Å². The van der Waals surface area contributed by atoms with Gasteiger partial charge in [0, 0.05) is 30.9 Å². The Morgan fingerprint density at radius 3 is 2.92 bits per heavy atom. The van der Waals surface area contributed by atoms with E-state index in [9.17, 15) is 4.79 Å². The van der Waals surface area contributed by atoms with Gasteiger partial charge in [-0.25, -0.2) is 0 Å². The number of rotatable bonds is 5. The molecule has 0 aliphatic carbocycles. The Kier molecular flexibility index (Phi) is 4.97. The fourth-order valence-electron chi connectivity index (χ4n) is 3.17. The fourth-order valence-corrected chi connectivity index (χ4v) is 3.17. The molecule has 1 saturated heterocycles. The van der Waals surface area contributed by atoms with Crippen LogP contribution in [0.3, 0.4) is 0 Å². The fraction of sp³-hybridized carbons (Fsp3) is 0.444. The molecule has 1 fully saturated rings. The predicted molar refractivity (Wildman–Crippen MR) is 91.7 cm³/mol. The van der Waals surface area contributed by atoms with E-state index in [-0.39, 0.29) is 12.0 Å². The van der Waals surface area contributed by atoms with E-state index in [4.69, 9.17) is 10.5 Å². The minimum Gasteiger partial charge on any atom is -0.374 e. The van der Waals surface area contributed by atoms with Gasteiger partial charge in [0.1, 0.15) is 0 Å². The molecule has 1 aliphatic rings. The van der Waals surface area contributed by atoms with E-state index < -0.39 is 0 Å². The van der Waals surface area contributed by atoms with Gasteiger partial charge in [0.15, 0.2) is 0 Å². The number of morpholine rings is 1. The molecule has 2 N–H and O–H groups in total. The average Bonchev–Trinajstić information content (AvgIpc) is 2.85. The van der Waals surface area contributed by atoms with Crippen LogP contribution in [0.25, 0.3) is 0 Å². The van der Waals surface area contributed by atoms with E-state index in [1.165, 1.54) is 0 Å². The number of hydrogen-bond acceptors (Lipinski definition) is 4. The number of carbonyl (C=O) groups excluding carboxylic acids is 1. The minimum absolute atomic E-state index is 0.121. The number of amides is 1. The number of nitrogens with zero attached hydrogens (tertiary/aromatic N) is 3. The molecule has 2 heterocycles. The average molecular weight is 328 g/mol. The number of benzene rings is 1. The zero-order valence-corrected chi connectivity index (χ0v) is 14.2. The van der Waals surface area contributed by atoms with Crippen molar-refractivity contribution < 1.29 is 9.53 Å². The molecule has 1 aliphatic heterocycles. The van der Waals surface area contributed by atoms with Crippen molar-refractivity contribution in [2.45, 2.75) is 33.0 Å². The van der Waals surface area contributed by atoms with E-state index in [2.05, 4.69) is 23.0 Å². The Bertz CT molecular complexity index is 726. The molecule has 6 nitrogen and oxygen atoms in total. The van der Waals surface area contributed by atoms with Crippen LogP contribution in [-0.2, 0) is 17.8 Å². The Balaban J connectivity index is 1.62. The number of hydrogen-bond donors (Lipinski definition) is 1. The topological polar surface area (TPSA) is 73.4 Å². The summed E-state index contributed by atoms with van der Waals surface area (Å²) >= 11 is 0. The van der Waals surface area contributed by atoms with Gasteiger partial charge in [-0.15, -0.1) is 0 Å². The summed E-state index contributed by atoms with van der Waals surface area (Å²) in [6, 6.07) is 9.60.